The van der Waals surface area contributed by atoms with Gasteiger partial charge in [0.2, 0.25) is 0 Å². The van der Waals surface area contributed by atoms with Crippen LogP contribution < -0.4 is 10.5 Å². The minimum absolute atomic E-state index is 0.0228. The second-order valence-corrected chi connectivity index (χ2v) is 3.88. The molecule has 0 aliphatic heterocycles. The molecule has 0 aliphatic carbocycles. The van der Waals surface area contributed by atoms with E-state index in [-0.39, 0.29) is 12.4 Å². The smallest absolute Gasteiger partial charge is 0.152 e. The van der Waals surface area contributed by atoms with Gasteiger partial charge in [-0.15, -0.1) is 0 Å². The number of aryl methyl sites for hydroxylation is 1. The van der Waals surface area contributed by atoms with Gasteiger partial charge in [0.1, 0.15) is 5.75 Å². The Bertz CT molecular complexity index is 365. The molecule has 0 spiro atoms. The maximum Gasteiger partial charge on any atom is 0.152 e. The lowest BCUT2D eigenvalue weighted by atomic mass is 10.0. The van der Waals surface area contributed by atoms with Gasteiger partial charge in [-0.05, 0) is 24.1 Å². The molecule has 0 bridgehead atoms. The average molecular weight is 237 g/mol. The monoisotopic (exact) mass is 237 g/mol. The zero-order chi connectivity index (χ0) is 12.7. The summed E-state index contributed by atoms with van der Waals surface area (Å²) in [7, 11) is 3.16. The Labute approximate surface area is 102 Å². The number of carbonyl (C=O) groups is 1. The number of nitrogens with two attached hydrogens (primary N) is 1. The summed E-state index contributed by atoms with van der Waals surface area (Å²) in [5, 5.41) is 0. The van der Waals surface area contributed by atoms with Crippen LogP contribution in [0.3, 0.4) is 0 Å². The van der Waals surface area contributed by atoms with Crippen molar-refractivity contribution in [3.8, 4) is 5.75 Å². The van der Waals surface area contributed by atoms with Crippen molar-refractivity contribution < 1.29 is 14.3 Å². The third-order valence-electron chi connectivity index (χ3n) is 2.55. The Morgan fingerprint density at radius 3 is 2.82 bits per heavy atom. The predicted octanol–water partition coefficient (Wildman–Crippen LogP) is 1.17. The van der Waals surface area contributed by atoms with E-state index in [4.69, 9.17) is 15.2 Å². The number of rotatable bonds is 7. The first-order chi connectivity index (χ1) is 8.17. The third-order valence-corrected chi connectivity index (χ3v) is 2.55. The number of methoxy groups -OCH3 is 2. The zero-order valence-electron chi connectivity index (χ0n) is 10.3. The number of hydrogen-bond donors (Lipinski definition) is 1. The van der Waals surface area contributed by atoms with Crippen LogP contribution in [-0.4, -0.2) is 32.7 Å². The Kier molecular flexibility index (Phi) is 5.66. The fraction of sp³-hybridized carbons (Fsp3) is 0.462. The predicted molar refractivity (Wildman–Crippen MR) is 66.2 cm³/mol. The van der Waals surface area contributed by atoms with Crippen LogP contribution in [0.4, 0.5) is 0 Å². The minimum atomic E-state index is -0.523. The highest BCUT2D eigenvalue weighted by molar-refractivity contribution is 5.84. The molecule has 1 aromatic rings. The van der Waals surface area contributed by atoms with Crippen LogP contribution in [0.1, 0.15) is 12.0 Å². The van der Waals surface area contributed by atoms with Gasteiger partial charge in [0.25, 0.3) is 0 Å². The van der Waals surface area contributed by atoms with Crippen LogP contribution in [0.15, 0.2) is 24.3 Å². The molecule has 4 heteroatoms. The SMILES string of the molecule is COC[C@H](N)C(=O)CCc1cccc(OC)c1. The molecule has 17 heavy (non-hydrogen) atoms. The van der Waals surface area contributed by atoms with E-state index < -0.39 is 6.04 Å². The zero-order valence-corrected chi connectivity index (χ0v) is 10.3. The summed E-state index contributed by atoms with van der Waals surface area (Å²) >= 11 is 0. The summed E-state index contributed by atoms with van der Waals surface area (Å²) in [5.74, 6) is 0.825. The van der Waals surface area contributed by atoms with E-state index in [1.54, 1.807) is 7.11 Å². The normalized spacial score (nSPS) is 12.2. The van der Waals surface area contributed by atoms with E-state index in [1.807, 2.05) is 24.3 Å². The molecule has 0 unspecified atom stereocenters. The van der Waals surface area contributed by atoms with Crippen molar-refractivity contribution in [3.63, 3.8) is 0 Å². The quantitative estimate of drug-likeness (QED) is 0.773. The molecule has 1 aromatic carbocycles. The molecule has 0 fully saturated rings. The summed E-state index contributed by atoms with van der Waals surface area (Å²) in [6, 6.07) is 7.16. The molecule has 0 amide bonds. The molecule has 1 rings (SSSR count). The second-order valence-electron chi connectivity index (χ2n) is 3.88. The number of benzene rings is 1. The van der Waals surface area contributed by atoms with Crippen molar-refractivity contribution in [1.29, 1.82) is 0 Å². The standard InChI is InChI=1S/C13H19NO3/c1-16-9-12(14)13(15)7-6-10-4-3-5-11(8-10)17-2/h3-5,8,12H,6-7,9,14H2,1-2H3/t12-/m0/s1. The average Bonchev–Trinajstić information content (AvgIpc) is 2.36. The molecule has 0 saturated carbocycles. The number of ketones is 1. The van der Waals surface area contributed by atoms with Gasteiger partial charge in [-0.2, -0.15) is 0 Å². The van der Waals surface area contributed by atoms with E-state index in [0.717, 1.165) is 11.3 Å². The summed E-state index contributed by atoms with van der Waals surface area (Å²) in [6.07, 6.45) is 1.10. The van der Waals surface area contributed by atoms with E-state index in [0.29, 0.717) is 12.8 Å². The first kappa shape index (κ1) is 13.7. The third kappa shape index (κ3) is 4.54. The van der Waals surface area contributed by atoms with E-state index in [2.05, 4.69) is 0 Å². The largest absolute Gasteiger partial charge is 0.497 e. The summed E-state index contributed by atoms with van der Waals surface area (Å²) < 4.78 is 9.97. The van der Waals surface area contributed by atoms with Crippen LogP contribution in [-0.2, 0) is 16.0 Å². The van der Waals surface area contributed by atoms with Gasteiger partial charge >= 0.3 is 0 Å². The number of ether oxygens (including phenoxy) is 2. The maximum atomic E-state index is 11.6. The van der Waals surface area contributed by atoms with Gasteiger partial charge in [-0.25, -0.2) is 0 Å². The van der Waals surface area contributed by atoms with Crippen LogP contribution >= 0.6 is 0 Å². The number of hydrogen-bond acceptors (Lipinski definition) is 4. The van der Waals surface area contributed by atoms with E-state index in [9.17, 15) is 4.79 Å². The van der Waals surface area contributed by atoms with Crippen LogP contribution in [0.2, 0.25) is 0 Å². The van der Waals surface area contributed by atoms with Gasteiger partial charge in [-0.3, -0.25) is 4.79 Å². The van der Waals surface area contributed by atoms with E-state index in [1.165, 1.54) is 7.11 Å². The highest BCUT2D eigenvalue weighted by atomic mass is 16.5. The molecular weight excluding hydrogens is 218 g/mol. The van der Waals surface area contributed by atoms with Crippen molar-refractivity contribution in [3.05, 3.63) is 29.8 Å². The van der Waals surface area contributed by atoms with Crippen LogP contribution in [0, 0.1) is 0 Å². The fourth-order valence-electron chi connectivity index (χ4n) is 1.55. The van der Waals surface area contributed by atoms with Gasteiger partial charge in [-0.1, -0.05) is 12.1 Å². The van der Waals surface area contributed by atoms with Crippen molar-refractivity contribution in [2.24, 2.45) is 5.73 Å². The molecule has 2 N–H and O–H groups in total. The Balaban J connectivity index is 2.46. The molecule has 1 atom stereocenters. The minimum Gasteiger partial charge on any atom is -0.497 e. The van der Waals surface area contributed by atoms with Gasteiger partial charge < -0.3 is 15.2 Å². The van der Waals surface area contributed by atoms with E-state index >= 15 is 0 Å². The molecule has 0 radical (unpaired) electrons. The molecule has 4 nitrogen and oxygen atoms in total. The number of carbonyl (C=O) groups excluding carboxylic acids is 1. The van der Waals surface area contributed by atoms with Crippen molar-refractivity contribution >= 4 is 5.78 Å². The first-order valence-corrected chi connectivity index (χ1v) is 5.57. The fourth-order valence-corrected chi connectivity index (χ4v) is 1.55. The Hall–Kier alpha value is -1.39. The van der Waals surface area contributed by atoms with Crippen LogP contribution in [0.25, 0.3) is 0 Å². The Morgan fingerprint density at radius 2 is 2.18 bits per heavy atom. The molecule has 0 heterocycles. The van der Waals surface area contributed by atoms with Gasteiger partial charge in [0.05, 0.1) is 19.8 Å². The van der Waals surface area contributed by atoms with Crippen molar-refractivity contribution in [2.45, 2.75) is 18.9 Å². The molecule has 0 saturated heterocycles. The molecule has 94 valence electrons. The van der Waals surface area contributed by atoms with Gasteiger partial charge in [0.15, 0.2) is 5.78 Å². The lowest BCUT2D eigenvalue weighted by molar-refractivity contribution is -0.121. The molecule has 0 aliphatic rings. The molecular formula is C13H19NO3. The Morgan fingerprint density at radius 1 is 1.41 bits per heavy atom. The summed E-state index contributed by atoms with van der Waals surface area (Å²) in [5.41, 5.74) is 6.72. The lowest BCUT2D eigenvalue weighted by Crippen LogP contribution is -2.34. The molecule has 0 aromatic heterocycles. The maximum absolute atomic E-state index is 11.6. The highest BCUT2D eigenvalue weighted by Crippen LogP contribution is 2.14. The topological polar surface area (TPSA) is 61.5 Å². The van der Waals surface area contributed by atoms with Gasteiger partial charge in [0, 0.05) is 13.5 Å². The number of Topliss-reactive ketones (excluding diaryl/α,β-unsaturated/α-hetero) is 1. The summed E-state index contributed by atoms with van der Waals surface area (Å²) in [6.45, 7) is 0.275. The summed E-state index contributed by atoms with van der Waals surface area (Å²) in [4.78, 5) is 11.6. The first-order valence-electron chi connectivity index (χ1n) is 5.57. The van der Waals surface area contributed by atoms with Crippen molar-refractivity contribution in [1.82, 2.24) is 0 Å². The lowest BCUT2D eigenvalue weighted by Gasteiger charge is -2.09. The highest BCUT2D eigenvalue weighted by Gasteiger charge is 2.12. The second kappa shape index (κ2) is 7.04. The van der Waals surface area contributed by atoms with Crippen molar-refractivity contribution in [2.75, 3.05) is 20.8 Å². The van der Waals surface area contributed by atoms with Crippen LogP contribution in [0.5, 0.6) is 5.75 Å².